The summed E-state index contributed by atoms with van der Waals surface area (Å²) in [6.07, 6.45) is 3.04. The molecule has 2 rings (SSSR count). The highest BCUT2D eigenvalue weighted by molar-refractivity contribution is 5.65. The van der Waals surface area contributed by atoms with E-state index in [0.29, 0.717) is 11.2 Å². The van der Waals surface area contributed by atoms with Crippen LogP contribution in [0.3, 0.4) is 0 Å². The lowest BCUT2D eigenvalue weighted by Crippen LogP contribution is -2.15. The van der Waals surface area contributed by atoms with E-state index in [9.17, 15) is 0 Å². The van der Waals surface area contributed by atoms with Gasteiger partial charge in [-0.25, -0.2) is 9.97 Å². The van der Waals surface area contributed by atoms with Crippen LogP contribution in [0.15, 0.2) is 17.0 Å². The fourth-order valence-electron chi connectivity index (χ4n) is 1.03. The maximum Gasteiger partial charge on any atom is 0.201 e. The van der Waals surface area contributed by atoms with Crippen molar-refractivity contribution < 1.29 is 4.42 Å². The van der Waals surface area contributed by atoms with Crippen molar-refractivity contribution in [3.8, 4) is 0 Å². The Labute approximate surface area is 76.0 Å². The van der Waals surface area contributed by atoms with Crippen LogP contribution in [0.2, 0.25) is 0 Å². The molecule has 2 aromatic heterocycles. The van der Waals surface area contributed by atoms with Crippen LogP contribution in [0.5, 0.6) is 0 Å². The van der Waals surface area contributed by atoms with Crippen LogP contribution < -0.4 is 0 Å². The van der Waals surface area contributed by atoms with E-state index in [0.717, 1.165) is 5.82 Å². The third-order valence-corrected chi connectivity index (χ3v) is 1.76. The summed E-state index contributed by atoms with van der Waals surface area (Å²) in [5.74, 6) is 0.786. The second-order valence-electron chi connectivity index (χ2n) is 3.98. The maximum atomic E-state index is 5.05. The summed E-state index contributed by atoms with van der Waals surface area (Å²) in [5, 5.41) is 0. The quantitative estimate of drug-likeness (QED) is 0.616. The van der Waals surface area contributed by atoms with Gasteiger partial charge in [0.25, 0.3) is 0 Å². The van der Waals surface area contributed by atoms with Crippen LogP contribution in [0.25, 0.3) is 11.2 Å². The van der Waals surface area contributed by atoms with E-state index in [1.165, 1.54) is 6.39 Å². The minimum absolute atomic E-state index is 0.0485. The van der Waals surface area contributed by atoms with E-state index >= 15 is 0 Å². The topological polar surface area (TPSA) is 51.8 Å². The number of oxazole rings is 1. The van der Waals surface area contributed by atoms with Crippen LogP contribution in [-0.4, -0.2) is 15.0 Å². The molecule has 13 heavy (non-hydrogen) atoms. The van der Waals surface area contributed by atoms with Crippen molar-refractivity contribution >= 4 is 11.2 Å². The molecule has 0 aliphatic rings. The Morgan fingerprint density at radius 2 is 2.00 bits per heavy atom. The van der Waals surface area contributed by atoms with Crippen LogP contribution in [0.4, 0.5) is 0 Å². The van der Waals surface area contributed by atoms with Gasteiger partial charge in [0.2, 0.25) is 5.65 Å². The zero-order valence-corrected chi connectivity index (χ0v) is 7.90. The molecular weight excluding hydrogens is 166 g/mol. The smallest absolute Gasteiger partial charge is 0.201 e. The Kier molecular flexibility index (Phi) is 1.58. The Bertz CT molecular complexity index is 428. The van der Waals surface area contributed by atoms with Gasteiger partial charge in [0.1, 0.15) is 5.82 Å². The first-order valence-corrected chi connectivity index (χ1v) is 4.14. The van der Waals surface area contributed by atoms with Gasteiger partial charge in [-0.3, -0.25) is 0 Å². The summed E-state index contributed by atoms with van der Waals surface area (Å²) >= 11 is 0. The number of hydrogen-bond acceptors (Lipinski definition) is 4. The van der Waals surface area contributed by atoms with Gasteiger partial charge >= 0.3 is 0 Å². The maximum absolute atomic E-state index is 5.05. The van der Waals surface area contributed by atoms with E-state index < -0.39 is 0 Å². The zero-order chi connectivity index (χ0) is 9.47. The predicted octanol–water partition coefficient (Wildman–Crippen LogP) is 1.92. The molecule has 0 atom stereocenters. The average molecular weight is 177 g/mol. The highest BCUT2D eigenvalue weighted by Crippen LogP contribution is 2.19. The SMILES string of the molecule is CC(C)(C)c1ncc2ocnc2n1. The third-order valence-electron chi connectivity index (χ3n) is 1.76. The van der Waals surface area contributed by atoms with Gasteiger partial charge in [-0.15, -0.1) is 0 Å². The molecule has 0 aromatic carbocycles. The molecular formula is C9H11N3O. The second-order valence-corrected chi connectivity index (χ2v) is 3.98. The minimum Gasteiger partial charge on any atom is -0.440 e. The Morgan fingerprint density at radius 3 is 2.69 bits per heavy atom. The normalized spacial score (nSPS) is 12.2. The summed E-state index contributed by atoms with van der Waals surface area (Å²) in [5.41, 5.74) is 1.21. The number of fused-ring (bicyclic) bond motifs is 1. The molecule has 0 radical (unpaired) electrons. The Hall–Kier alpha value is -1.45. The molecule has 0 aliphatic heterocycles. The van der Waals surface area contributed by atoms with Crippen molar-refractivity contribution in [1.29, 1.82) is 0 Å². The summed E-state index contributed by atoms with van der Waals surface area (Å²) in [4.78, 5) is 12.5. The zero-order valence-electron chi connectivity index (χ0n) is 7.90. The van der Waals surface area contributed by atoms with Crippen molar-refractivity contribution in [1.82, 2.24) is 15.0 Å². The molecule has 4 heteroatoms. The summed E-state index contributed by atoms with van der Waals surface area (Å²) in [6.45, 7) is 6.19. The second kappa shape index (κ2) is 2.52. The standard InChI is InChI=1S/C9H11N3O/c1-9(2,3)8-10-4-6-7(12-8)11-5-13-6/h4-5H,1-3H3. The molecule has 0 amide bonds. The first kappa shape index (κ1) is 8.16. The number of nitrogens with zero attached hydrogens (tertiary/aromatic N) is 3. The first-order valence-electron chi connectivity index (χ1n) is 4.14. The summed E-state index contributed by atoms with van der Waals surface area (Å²) < 4.78 is 5.05. The fourth-order valence-corrected chi connectivity index (χ4v) is 1.03. The van der Waals surface area contributed by atoms with Gasteiger partial charge in [-0.2, -0.15) is 4.98 Å². The van der Waals surface area contributed by atoms with Crippen LogP contribution in [0.1, 0.15) is 26.6 Å². The van der Waals surface area contributed by atoms with E-state index in [2.05, 4.69) is 35.7 Å². The van der Waals surface area contributed by atoms with Crippen LogP contribution in [0, 0.1) is 0 Å². The number of hydrogen-bond donors (Lipinski definition) is 0. The predicted molar refractivity (Wildman–Crippen MR) is 48.3 cm³/mol. The first-order chi connectivity index (χ1) is 6.07. The fraction of sp³-hybridized carbons (Fsp3) is 0.444. The lowest BCUT2D eigenvalue weighted by molar-refractivity contribution is 0.545. The summed E-state index contributed by atoms with van der Waals surface area (Å²) in [7, 11) is 0. The van der Waals surface area contributed by atoms with Crippen LogP contribution in [-0.2, 0) is 5.41 Å². The van der Waals surface area contributed by atoms with E-state index in [4.69, 9.17) is 4.42 Å². The number of aromatic nitrogens is 3. The molecule has 4 nitrogen and oxygen atoms in total. The van der Waals surface area contributed by atoms with E-state index in [1.54, 1.807) is 6.20 Å². The molecule has 2 heterocycles. The molecule has 0 fully saturated rings. The molecule has 0 spiro atoms. The highest BCUT2D eigenvalue weighted by Gasteiger charge is 2.18. The van der Waals surface area contributed by atoms with E-state index in [-0.39, 0.29) is 5.41 Å². The minimum atomic E-state index is -0.0485. The molecule has 0 saturated carbocycles. The van der Waals surface area contributed by atoms with Crippen molar-refractivity contribution in [2.45, 2.75) is 26.2 Å². The Balaban J connectivity index is 2.61. The third kappa shape index (κ3) is 1.39. The number of rotatable bonds is 0. The molecule has 2 aromatic rings. The van der Waals surface area contributed by atoms with Gasteiger partial charge in [-0.05, 0) is 0 Å². The van der Waals surface area contributed by atoms with Gasteiger partial charge in [0.15, 0.2) is 12.0 Å². The van der Waals surface area contributed by atoms with Crippen molar-refractivity contribution in [3.05, 3.63) is 18.4 Å². The molecule has 0 N–H and O–H groups in total. The molecule has 68 valence electrons. The molecule has 0 bridgehead atoms. The lowest BCUT2D eigenvalue weighted by Gasteiger charge is -2.14. The largest absolute Gasteiger partial charge is 0.440 e. The molecule has 0 aliphatic carbocycles. The van der Waals surface area contributed by atoms with Gasteiger partial charge in [0, 0.05) is 5.41 Å². The monoisotopic (exact) mass is 177 g/mol. The van der Waals surface area contributed by atoms with E-state index in [1.807, 2.05) is 0 Å². The lowest BCUT2D eigenvalue weighted by atomic mass is 9.96. The van der Waals surface area contributed by atoms with Crippen molar-refractivity contribution in [2.75, 3.05) is 0 Å². The van der Waals surface area contributed by atoms with Crippen molar-refractivity contribution in [3.63, 3.8) is 0 Å². The average Bonchev–Trinajstić information content (AvgIpc) is 2.47. The molecule has 0 unspecified atom stereocenters. The summed E-state index contributed by atoms with van der Waals surface area (Å²) in [6, 6.07) is 0. The van der Waals surface area contributed by atoms with Crippen LogP contribution >= 0.6 is 0 Å². The van der Waals surface area contributed by atoms with Gasteiger partial charge < -0.3 is 4.42 Å². The molecule has 0 saturated heterocycles. The Morgan fingerprint density at radius 1 is 1.23 bits per heavy atom. The van der Waals surface area contributed by atoms with Crippen molar-refractivity contribution in [2.24, 2.45) is 0 Å². The van der Waals surface area contributed by atoms with Gasteiger partial charge in [0.05, 0.1) is 6.20 Å². The highest BCUT2D eigenvalue weighted by atomic mass is 16.3. The van der Waals surface area contributed by atoms with Gasteiger partial charge in [-0.1, -0.05) is 20.8 Å².